The Morgan fingerprint density at radius 2 is 2.22 bits per heavy atom. The number of furan rings is 1. The number of hydrogen-bond acceptors (Lipinski definition) is 4. The van der Waals surface area contributed by atoms with Crippen molar-refractivity contribution in [1.82, 2.24) is 10.6 Å². The molecule has 0 radical (unpaired) electrons. The van der Waals surface area contributed by atoms with Crippen LogP contribution in [0.4, 0.5) is 4.79 Å². The van der Waals surface area contributed by atoms with E-state index in [1.807, 2.05) is 0 Å². The molecular formula is C11H18N2O4S. The van der Waals surface area contributed by atoms with Crippen LogP contribution in [0, 0.1) is 0 Å². The maximum absolute atomic E-state index is 11.5. The van der Waals surface area contributed by atoms with Gasteiger partial charge < -0.3 is 15.1 Å². The lowest BCUT2D eigenvalue weighted by atomic mass is 10.4. The predicted molar refractivity (Wildman–Crippen MR) is 67.9 cm³/mol. The third-order valence-electron chi connectivity index (χ3n) is 2.32. The van der Waals surface area contributed by atoms with Gasteiger partial charge in [0.05, 0.1) is 18.6 Å². The summed E-state index contributed by atoms with van der Waals surface area (Å²) in [7, 11) is -3.08. The third kappa shape index (κ3) is 5.22. The maximum atomic E-state index is 11.5. The summed E-state index contributed by atoms with van der Waals surface area (Å²) in [4.78, 5) is 11.5. The monoisotopic (exact) mass is 274 g/mol. The fraction of sp³-hybridized carbons (Fsp3) is 0.545. The van der Waals surface area contributed by atoms with Crippen molar-refractivity contribution in [2.75, 3.05) is 11.5 Å². The van der Waals surface area contributed by atoms with Crippen LogP contribution in [-0.2, 0) is 16.4 Å². The molecule has 0 spiro atoms. The molecule has 0 bridgehead atoms. The van der Waals surface area contributed by atoms with Gasteiger partial charge >= 0.3 is 6.03 Å². The number of amides is 2. The molecule has 7 heteroatoms. The van der Waals surface area contributed by atoms with Crippen LogP contribution in [0.3, 0.4) is 0 Å². The number of hydrogen-bond donors (Lipinski definition) is 2. The highest BCUT2D eigenvalue weighted by atomic mass is 32.2. The van der Waals surface area contributed by atoms with Crippen molar-refractivity contribution in [3.05, 3.63) is 24.2 Å². The van der Waals surface area contributed by atoms with E-state index in [1.165, 1.54) is 6.26 Å². The minimum absolute atomic E-state index is 0.0579. The number of nitrogens with one attached hydrogen (secondary N) is 2. The Morgan fingerprint density at radius 1 is 1.50 bits per heavy atom. The highest BCUT2D eigenvalue weighted by molar-refractivity contribution is 7.91. The molecule has 18 heavy (non-hydrogen) atoms. The largest absolute Gasteiger partial charge is 0.467 e. The van der Waals surface area contributed by atoms with Gasteiger partial charge in [-0.2, -0.15) is 0 Å². The van der Waals surface area contributed by atoms with Crippen molar-refractivity contribution in [2.45, 2.75) is 26.4 Å². The molecule has 0 fully saturated rings. The molecule has 0 aliphatic rings. The fourth-order valence-corrected chi connectivity index (χ4v) is 2.48. The predicted octanol–water partition coefficient (Wildman–Crippen LogP) is 0.902. The van der Waals surface area contributed by atoms with Crippen LogP contribution in [0.5, 0.6) is 0 Å². The molecule has 2 N–H and O–H groups in total. The Bertz CT molecular complexity index is 467. The van der Waals surface area contributed by atoms with E-state index in [9.17, 15) is 13.2 Å². The van der Waals surface area contributed by atoms with Gasteiger partial charge in [-0.3, -0.25) is 0 Å². The number of carbonyl (C=O) groups is 1. The molecule has 1 aromatic rings. The summed E-state index contributed by atoms with van der Waals surface area (Å²) in [6.45, 7) is 3.50. The number of carbonyl (C=O) groups excluding carboxylic acids is 1. The Labute approximate surface area is 107 Å². The average molecular weight is 274 g/mol. The summed E-state index contributed by atoms with van der Waals surface area (Å²) in [5, 5.41) is 5.14. The Morgan fingerprint density at radius 3 is 2.78 bits per heavy atom. The van der Waals surface area contributed by atoms with Crippen molar-refractivity contribution in [1.29, 1.82) is 0 Å². The van der Waals surface area contributed by atoms with E-state index in [2.05, 4.69) is 10.6 Å². The lowest BCUT2D eigenvalue weighted by molar-refractivity contribution is 0.237. The second-order valence-electron chi connectivity index (χ2n) is 4.01. The van der Waals surface area contributed by atoms with Gasteiger partial charge in [-0.1, -0.05) is 6.92 Å². The highest BCUT2D eigenvalue weighted by Gasteiger charge is 2.15. The van der Waals surface area contributed by atoms with Crippen molar-refractivity contribution >= 4 is 15.9 Å². The van der Waals surface area contributed by atoms with Gasteiger partial charge in [0.15, 0.2) is 9.84 Å². The van der Waals surface area contributed by atoms with Gasteiger partial charge in [0.2, 0.25) is 0 Å². The zero-order valence-corrected chi connectivity index (χ0v) is 11.3. The van der Waals surface area contributed by atoms with E-state index >= 15 is 0 Å². The van der Waals surface area contributed by atoms with Crippen molar-refractivity contribution in [3.63, 3.8) is 0 Å². The summed E-state index contributed by atoms with van der Waals surface area (Å²) < 4.78 is 27.7. The zero-order valence-electron chi connectivity index (χ0n) is 10.5. The van der Waals surface area contributed by atoms with E-state index in [4.69, 9.17) is 4.42 Å². The Balaban J connectivity index is 2.31. The molecule has 0 saturated carbocycles. The molecule has 2 amide bonds. The molecule has 6 nitrogen and oxygen atoms in total. The van der Waals surface area contributed by atoms with E-state index in [0.717, 1.165) is 0 Å². The van der Waals surface area contributed by atoms with E-state index in [0.29, 0.717) is 5.76 Å². The molecule has 1 atom stereocenters. The van der Waals surface area contributed by atoms with Crippen LogP contribution in [0.2, 0.25) is 0 Å². The fourth-order valence-electron chi connectivity index (χ4n) is 1.40. The van der Waals surface area contributed by atoms with Crippen LogP contribution in [0.1, 0.15) is 19.6 Å². The lowest BCUT2D eigenvalue weighted by Gasteiger charge is -2.13. The molecule has 0 unspecified atom stereocenters. The highest BCUT2D eigenvalue weighted by Crippen LogP contribution is 1.98. The summed E-state index contributed by atoms with van der Waals surface area (Å²) in [6.07, 6.45) is 1.52. The van der Waals surface area contributed by atoms with Gasteiger partial charge in [0.25, 0.3) is 0 Å². The number of urea groups is 1. The quantitative estimate of drug-likeness (QED) is 0.806. The molecule has 0 saturated heterocycles. The van der Waals surface area contributed by atoms with E-state index in [1.54, 1.807) is 26.0 Å². The van der Waals surface area contributed by atoms with Gasteiger partial charge in [-0.15, -0.1) is 0 Å². The number of sulfone groups is 1. The molecule has 0 aromatic carbocycles. The van der Waals surface area contributed by atoms with Gasteiger partial charge in [0.1, 0.15) is 5.76 Å². The minimum Gasteiger partial charge on any atom is -0.467 e. The first-order chi connectivity index (χ1) is 8.43. The molecule has 0 aliphatic heterocycles. The summed E-state index contributed by atoms with van der Waals surface area (Å²) in [6, 6.07) is 2.63. The van der Waals surface area contributed by atoms with Crippen LogP contribution in [-0.4, -0.2) is 32.0 Å². The molecule has 1 heterocycles. The van der Waals surface area contributed by atoms with Crippen LogP contribution in [0.15, 0.2) is 22.8 Å². The Hall–Kier alpha value is -1.50. The summed E-state index contributed by atoms with van der Waals surface area (Å²) in [5.41, 5.74) is 0. The lowest BCUT2D eigenvalue weighted by Crippen LogP contribution is -2.43. The van der Waals surface area contributed by atoms with Crippen molar-refractivity contribution in [2.24, 2.45) is 0 Å². The topological polar surface area (TPSA) is 88.4 Å². The second kappa shape index (κ2) is 6.44. The number of rotatable bonds is 6. The van der Waals surface area contributed by atoms with Gasteiger partial charge in [-0.05, 0) is 19.1 Å². The first kappa shape index (κ1) is 14.6. The van der Waals surface area contributed by atoms with E-state index < -0.39 is 21.9 Å². The Kier molecular flexibility index (Phi) is 5.21. The van der Waals surface area contributed by atoms with E-state index in [-0.39, 0.29) is 18.1 Å². The van der Waals surface area contributed by atoms with Crippen molar-refractivity contribution < 1.29 is 17.6 Å². The zero-order chi connectivity index (χ0) is 13.6. The summed E-state index contributed by atoms with van der Waals surface area (Å²) >= 11 is 0. The SMILES string of the molecule is CCS(=O)(=O)C[C@@H](C)NC(=O)NCc1ccco1. The van der Waals surface area contributed by atoms with Gasteiger partial charge in [0, 0.05) is 11.8 Å². The second-order valence-corrected chi connectivity index (χ2v) is 6.40. The van der Waals surface area contributed by atoms with Gasteiger partial charge in [-0.25, -0.2) is 13.2 Å². The standard InChI is InChI=1S/C11H18N2O4S/c1-3-18(15,16)8-9(2)13-11(14)12-7-10-5-4-6-17-10/h4-6,9H,3,7-8H2,1-2H3,(H2,12,13,14)/t9-/m1/s1. The van der Waals surface area contributed by atoms with Crippen molar-refractivity contribution in [3.8, 4) is 0 Å². The first-order valence-electron chi connectivity index (χ1n) is 5.70. The molecular weight excluding hydrogens is 256 g/mol. The first-order valence-corrected chi connectivity index (χ1v) is 7.52. The van der Waals surface area contributed by atoms with Crippen LogP contribution >= 0.6 is 0 Å². The van der Waals surface area contributed by atoms with Crippen LogP contribution < -0.4 is 10.6 Å². The minimum atomic E-state index is -3.08. The third-order valence-corrected chi connectivity index (χ3v) is 4.21. The summed E-state index contributed by atoms with van der Waals surface area (Å²) in [5.74, 6) is 0.657. The smallest absolute Gasteiger partial charge is 0.315 e. The van der Waals surface area contributed by atoms with Crippen LogP contribution in [0.25, 0.3) is 0 Å². The molecule has 102 valence electrons. The average Bonchev–Trinajstić information content (AvgIpc) is 2.78. The molecule has 1 aromatic heterocycles. The molecule has 1 rings (SSSR count). The normalized spacial score (nSPS) is 13.0. The maximum Gasteiger partial charge on any atom is 0.315 e. The molecule has 0 aliphatic carbocycles.